The molecule has 3 nitrogen and oxygen atoms in total. The molecule has 12 heavy (non-hydrogen) atoms. The molecule has 0 aliphatic rings. The summed E-state index contributed by atoms with van der Waals surface area (Å²) in [7, 11) is 0. The van der Waals surface area contributed by atoms with E-state index in [1.54, 1.807) is 6.92 Å². The van der Waals surface area contributed by atoms with Crippen LogP contribution in [0.15, 0.2) is 12.4 Å². The highest BCUT2D eigenvalue weighted by molar-refractivity contribution is 5.09. The first-order valence-electron chi connectivity index (χ1n) is 3.47. The molecule has 1 rings (SSSR count). The van der Waals surface area contributed by atoms with E-state index in [2.05, 4.69) is 9.97 Å². The van der Waals surface area contributed by atoms with Crippen LogP contribution < -0.4 is 5.73 Å². The van der Waals surface area contributed by atoms with Gasteiger partial charge in [-0.1, -0.05) is 0 Å². The molecule has 0 spiro atoms. The fourth-order valence-corrected chi connectivity index (χ4v) is 0.696. The molecule has 0 fully saturated rings. The first-order chi connectivity index (χ1) is 5.61. The van der Waals surface area contributed by atoms with Gasteiger partial charge in [-0.3, -0.25) is 0 Å². The highest BCUT2D eigenvalue weighted by Gasteiger charge is 2.10. The molecule has 0 aliphatic heterocycles. The van der Waals surface area contributed by atoms with E-state index in [1.165, 1.54) is 12.4 Å². The van der Waals surface area contributed by atoms with Crippen molar-refractivity contribution in [2.45, 2.75) is 19.4 Å². The lowest BCUT2D eigenvalue weighted by Gasteiger charge is -2.04. The third-order valence-electron chi connectivity index (χ3n) is 1.41. The Morgan fingerprint density at radius 1 is 1.33 bits per heavy atom. The molecule has 66 valence electrons. The lowest BCUT2D eigenvalue weighted by molar-refractivity contribution is 0.140. The zero-order valence-electron chi connectivity index (χ0n) is 6.54. The third kappa shape index (κ3) is 1.94. The summed E-state index contributed by atoms with van der Waals surface area (Å²) in [5.41, 5.74) is 6.12. The Labute approximate surface area is 68.6 Å². The van der Waals surface area contributed by atoms with Gasteiger partial charge in [0.25, 0.3) is 6.43 Å². The molecule has 0 unspecified atom stereocenters. The van der Waals surface area contributed by atoms with E-state index in [9.17, 15) is 8.78 Å². The maximum Gasteiger partial charge on any atom is 0.297 e. The minimum atomic E-state index is -2.62. The lowest BCUT2D eigenvalue weighted by atomic mass is 10.2. The molecule has 1 atom stereocenters. The smallest absolute Gasteiger partial charge is 0.297 e. The summed E-state index contributed by atoms with van der Waals surface area (Å²) < 4.78 is 23.9. The molecular formula is C7H9F2N3. The van der Waals surface area contributed by atoms with Gasteiger partial charge in [0.05, 0.1) is 0 Å². The van der Waals surface area contributed by atoms with Gasteiger partial charge in [-0.2, -0.15) is 0 Å². The molecule has 0 radical (unpaired) electrons. The fourth-order valence-electron chi connectivity index (χ4n) is 0.696. The summed E-state index contributed by atoms with van der Waals surface area (Å²) >= 11 is 0. The Hall–Kier alpha value is -1.10. The molecule has 0 saturated carbocycles. The summed E-state index contributed by atoms with van der Waals surface area (Å²) in [6.45, 7) is 1.74. The highest BCUT2D eigenvalue weighted by Crippen LogP contribution is 2.14. The van der Waals surface area contributed by atoms with E-state index < -0.39 is 12.2 Å². The van der Waals surface area contributed by atoms with E-state index in [4.69, 9.17) is 5.73 Å². The first-order valence-corrected chi connectivity index (χ1v) is 3.47. The maximum absolute atomic E-state index is 11.9. The molecule has 2 N–H and O–H groups in total. The highest BCUT2D eigenvalue weighted by atomic mass is 19.3. The lowest BCUT2D eigenvalue weighted by Crippen LogP contribution is -2.07. The van der Waals surface area contributed by atoms with Crippen molar-refractivity contribution >= 4 is 0 Å². The van der Waals surface area contributed by atoms with Crippen LogP contribution in [0.3, 0.4) is 0 Å². The maximum atomic E-state index is 11.9. The largest absolute Gasteiger partial charge is 0.324 e. The van der Waals surface area contributed by atoms with Crippen molar-refractivity contribution in [3.05, 3.63) is 23.8 Å². The van der Waals surface area contributed by atoms with Crippen LogP contribution in [0, 0.1) is 0 Å². The molecule has 1 aromatic heterocycles. The van der Waals surface area contributed by atoms with Crippen LogP contribution in [0.4, 0.5) is 8.78 Å². The van der Waals surface area contributed by atoms with Gasteiger partial charge in [0.15, 0.2) is 5.82 Å². The van der Waals surface area contributed by atoms with Crippen LogP contribution in [0.2, 0.25) is 0 Å². The quantitative estimate of drug-likeness (QED) is 0.736. The van der Waals surface area contributed by atoms with Crippen molar-refractivity contribution in [1.82, 2.24) is 9.97 Å². The van der Waals surface area contributed by atoms with Crippen molar-refractivity contribution in [2.24, 2.45) is 5.73 Å². The van der Waals surface area contributed by atoms with Gasteiger partial charge in [0, 0.05) is 24.0 Å². The number of nitrogens with two attached hydrogens (primary N) is 1. The average Bonchev–Trinajstić information content (AvgIpc) is 2.04. The van der Waals surface area contributed by atoms with Crippen molar-refractivity contribution in [1.29, 1.82) is 0 Å². The molecule has 0 aliphatic carbocycles. The van der Waals surface area contributed by atoms with Gasteiger partial charge in [0.1, 0.15) is 0 Å². The fraction of sp³-hybridized carbons (Fsp3) is 0.429. The van der Waals surface area contributed by atoms with E-state index in [0.717, 1.165) is 0 Å². The van der Waals surface area contributed by atoms with E-state index in [-0.39, 0.29) is 6.04 Å². The van der Waals surface area contributed by atoms with Crippen LogP contribution in [0.1, 0.15) is 30.8 Å². The Balaban J connectivity index is 2.86. The van der Waals surface area contributed by atoms with E-state index in [0.29, 0.717) is 5.56 Å². The van der Waals surface area contributed by atoms with Gasteiger partial charge in [-0.05, 0) is 6.92 Å². The Morgan fingerprint density at radius 2 is 1.83 bits per heavy atom. The van der Waals surface area contributed by atoms with Crippen molar-refractivity contribution in [3.63, 3.8) is 0 Å². The number of rotatable bonds is 2. The first kappa shape index (κ1) is 8.99. The number of alkyl halides is 2. The van der Waals surface area contributed by atoms with Gasteiger partial charge < -0.3 is 5.73 Å². The normalized spacial score (nSPS) is 13.4. The van der Waals surface area contributed by atoms with Crippen molar-refractivity contribution in [3.8, 4) is 0 Å². The number of hydrogen-bond acceptors (Lipinski definition) is 3. The zero-order chi connectivity index (χ0) is 9.14. The Kier molecular flexibility index (Phi) is 2.65. The van der Waals surface area contributed by atoms with E-state index in [1.807, 2.05) is 0 Å². The summed E-state index contributed by atoms with van der Waals surface area (Å²) in [6.07, 6.45) is 0.0188. The van der Waals surface area contributed by atoms with Gasteiger partial charge >= 0.3 is 0 Å². The summed E-state index contributed by atoms with van der Waals surface area (Å²) in [6, 6.07) is -0.225. The van der Waals surface area contributed by atoms with Crippen molar-refractivity contribution < 1.29 is 8.78 Å². The molecular weight excluding hydrogens is 164 g/mol. The minimum Gasteiger partial charge on any atom is -0.324 e. The minimum absolute atomic E-state index is 0.225. The molecule has 0 amide bonds. The monoisotopic (exact) mass is 173 g/mol. The predicted octanol–water partition coefficient (Wildman–Crippen LogP) is 1.43. The van der Waals surface area contributed by atoms with Gasteiger partial charge in [-0.15, -0.1) is 0 Å². The number of aromatic nitrogens is 2. The number of nitrogens with zero attached hydrogens (tertiary/aromatic N) is 2. The second-order valence-electron chi connectivity index (χ2n) is 2.46. The summed E-state index contributed by atoms with van der Waals surface area (Å²) in [5.74, 6) is -0.459. The van der Waals surface area contributed by atoms with Crippen molar-refractivity contribution in [2.75, 3.05) is 0 Å². The van der Waals surface area contributed by atoms with Crippen LogP contribution in [-0.4, -0.2) is 9.97 Å². The molecule has 0 aromatic carbocycles. The van der Waals surface area contributed by atoms with Crippen LogP contribution in [0.5, 0.6) is 0 Å². The molecule has 1 aromatic rings. The number of hydrogen-bond donors (Lipinski definition) is 1. The Morgan fingerprint density at radius 3 is 2.17 bits per heavy atom. The van der Waals surface area contributed by atoms with Crippen LogP contribution >= 0.6 is 0 Å². The second kappa shape index (κ2) is 3.53. The average molecular weight is 173 g/mol. The second-order valence-corrected chi connectivity index (χ2v) is 2.46. The van der Waals surface area contributed by atoms with Gasteiger partial charge in [-0.25, -0.2) is 18.7 Å². The Bertz CT molecular complexity index is 218. The SMILES string of the molecule is C[C@@H](N)c1cnc(C(F)F)nc1. The zero-order valence-corrected chi connectivity index (χ0v) is 6.54. The van der Waals surface area contributed by atoms with Gasteiger partial charge in [0.2, 0.25) is 0 Å². The predicted molar refractivity (Wildman–Crippen MR) is 39.6 cm³/mol. The standard InChI is InChI=1S/C7H9F2N3/c1-4(10)5-2-11-7(6(8)9)12-3-5/h2-4,6H,10H2,1H3/t4-/m1/s1. The molecule has 1 heterocycles. The number of halogens is 2. The summed E-state index contributed by atoms with van der Waals surface area (Å²) in [5, 5.41) is 0. The summed E-state index contributed by atoms with van der Waals surface area (Å²) in [4.78, 5) is 6.92. The van der Waals surface area contributed by atoms with Crippen LogP contribution in [-0.2, 0) is 0 Å². The topological polar surface area (TPSA) is 51.8 Å². The van der Waals surface area contributed by atoms with Crippen LogP contribution in [0.25, 0.3) is 0 Å². The molecule has 5 heteroatoms. The molecule has 0 saturated heterocycles. The third-order valence-corrected chi connectivity index (χ3v) is 1.41. The molecule has 0 bridgehead atoms. The van der Waals surface area contributed by atoms with E-state index >= 15 is 0 Å².